The first-order valence-electron chi connectivity index (χ1n) is 7.64. The van der Waals surface area contributed by atoms with E-state index in [-0.39, 0.29) is 24.3 Å². The second-order valence-corrected chi connectivity index (χ2v) is 5.45. The van der Waals surface area contributed by atoms with Crippen LogP contribution in [0.15, 0.2) is 24.3 Å². The third-order valence-electron chi connectivity index (χ3n) is 4.05. The van der Waals surface area contributed by atoms with Gasteiger partial charge in [0.15, 0.2) is 6.61 Å². The van der Waals surface area contributed by atoms with E-state index in [1.54, 1.807) is 4.90 Å². The minimum Gasteiger partial charge on any atom is -0.484 e. The lowest BCUT2D eigenvalue weighted by Crippen LogP contribution is -2.45. The number of hydrogen-bond acceptors (Lipinski definition) is 4. The maximum Gasteiger partial charge on any atom is 0.260 e. The van der Waals surface area contributed by atoms with Gasteiger partial charge in [0.2, 0.25) is 5.91 Å². The molecule has 1 fully saturated rings. The van der Waals surface area contributed by atoms with Crippen molar-refractivity contribution < 1.29 is 14.3 Å². The molecule has 0 bridgehead atoms. The van der Waals surface area contributed by atoms with Crippen molar-refractivity contribution in [1.82, 2.24) is 10.3 Å². The topological polar surface area (TPSA) is 84.7 Å². The monoisotopic (exact) mass is 305 g/mol. The van der Waals surface area contributed by atoms with Crippen LogP contribution in [0, 0.1) is 5.92 Å². The molecule has 0 radical (unpaired) electrons. The van der Waals surface area contributed by atoms with Crippen LogP contribution in [-0.2, 0) is 16.0 Å². The van der Waals surface area contributed by atoms with Crippen molar-refractivity contribution >= 4 is 11.8 Å². The van der Waals surface area contributed by atoms with Gasteiger partial charge in [-0.25, -0.2) is 5.84 Å². The smallest absolute Gasteiger partial charge is 0.260 e. The summed E-state index contributed by atoms with van der Waals surface area (Å²) in [6.45, 7) is 3.25. The molecule has 1 aromatic carbocycles. The van der Waals surface area contributed by atoms with Crippen molar-refractivity contribution in [2.24, 2.45) is 11.8 Å². The van der Waals surface area contributed by atoms with Crippen molar-refractivity contribution in [2.75, 3.05) is 19.7 Å². The fourth-order valence-corrected chi connectivity index (χ4v) is 2.57. The predicted octanol–water partition coefficient (Wildman–Crippen LogP) is 0.856. The quantitative estimate of drug-likeness (QED) is 0.480. The van der Waals surface area contributed by atoms with Crippen molar-refractivity contribution in [3.63, 3.8) is 0 Å². The number of rotatable bonds is 5. The van der Waals surface area contributed by atoms with Crippen LogP contribution in [0.1, 0.15) is 25.3 Å². The maximum absolute atomic E-state index is 12.1. The molecule has 0 aromatic heterocycles. The number of nitrogens with two attached hydrogens (primary N) is 1. The average molecular weight is 305 g/mol. The number of aryl methyl sites for hydroxylation is 1. The van der Waals surface area contributed by atoms with Crippen molar-refractivity contribution in [3.05, 3.63) is 29.8 Å². The summed E-state index contributed by atoms with van der Waals surface area (Å²) in [5.74, 6) is 5.52. The van der Waals surface area contributed by atoms with Crippen LogP contribution in [-0.4, -0.2) is 36.4 Å². The van der Waals surface area contributed by atoms with Gasteiger partial charge in [0.05, 0.1) is 0 Å². The Kier molecular flexibility index (Phi) is 5.77. The van der Waals surface area contributed by atoms with Gasteiger partial charge in [-0.3, -0.25) is 15.0 Å². The Morgan fingerprint density at radius 1 is 1.27 bits per heavy atom. The molecular formula is C16H23N3O3. The Labute approximate surface area is 130 Å². The third kappa shape index (κ3) is 4.21. The highest BCUT2D eigenvalue weighted by Gasteiger charge is 2.26. The first kappa shape index (κ1) is 16.3. The highest BCUT2D eigenvalue weighted by molar-refractivity contribution is 5.80. The van der Waals surface area contributed by atoms with E-state index in [0.29, 0.717) is 31.7 Å². The largest absolute Gasteiger partial charge is 0.484 e. The van der Waals surface area contributed by atoms with E-state index >= 15 is 0 Å². The highest BCUT2D eigenvalue weighted by atomic mass is 16.5. The summed E-state index contributed by atoms with van der Waals surface area (Å²) in [5.41, 5.74) is 3.40. The summed E-state index contributed by atoms with van der Waals surface area (Å²) < 4.78 is 5.53. The molecule has 1 aliphatic heterocycles. The molecule has 0 spiro atoms. The van der Waals surface area contributed by atoms with Gasteiger partial charge >= 0.3 is 0 Å². The zero-order valence-corrected chi connectivity index (χ0v) is 12.9. The SMILES string of the molecule is CCc1ccc(OCC(=O)N2CCC(C(=O)NN)CC2)cc1. The molecule has 1 heterocycles. The molecule has 0 aliphatic carbocycles. The number of hydrazine groups is 1. The van der Waals surface area contributed by atoms with E-state index < -0.39 is 0 Å². The Morgan fingerprint density at radius 2 is 1.91 bits per heavy atom. The molecule has 1 saturated heterocycles. The Morgan fingerprint density at radius 3 is 2.45 bits per heavy atom. The Hall–Kier alpha value is -2.08. The van der Waals surface area contributed by atoms with E-state index in [4.69, 9.17) is 10.6 Å². The summed E-state index contributed by atoms with van der Waals surface area (Å²) in [6, 6.07) is 7.75. The Bertz CT molecular complexity index is 508. The highest BCUT2D eigenvalue weighted by Crippen LogP contribution is 2.18. The first-order chi connectivity index (χ1) is 10.6. The van der Waals surface area contributed by atoms with Crippen LogP contribution in [0.4, 0.5) is 0 Å². The summed E-state index contributed by atoms with van der Waals surface area (Å²) in [5, 5.41) is 0. The van der Waals surface area contributed by atoms with Gasteiger partial charge in [0.1, 0.15) is 5.75 Å². The number of amides is 2. The van der Waals surface area contributed by atoms with Gasteiger partial charge in [0, 0.05) is 19.0 Å². The molecule has 0 atom stereocenters. The number of carbonyl (C=O) groups is 2. The number of carbonyl (C=O) groups excluding carboxylic acids is 2. The number of likely N-dealkylation sites (tertiary alicyclic amines) is 1. The number of piperidine rings is 1. The molecule has 1 aromatic rings. The van der Waals surface area contributed by atoms with E-state index in [1.807, 2.05) is 24.3 Å². The fraction of sp³-hybridized carbons (Fsp3) is 0.500. The molecule has 2 rings (SSSR count). The molecule has 3 N–H and O–H groups in total. The van der Waals surface area contributed by atoms with E-state index in [1.165, 1.54) is 5.56 Å². The molecular weight excluding hydrogens is 282 g/mol. The molecule has 120 valence electrons. The van der Waals surface area contributed by atoms with Gasteiger partial charge in [0.25, 0.3) is 5.91 Å². The van der Waals surface area contributed by atoms with Gasteiger partial charge in [-0.05, 0) is 37.0 Å². The summed E-state index contributed by atoms with van der Waals surface area (Å²) >= 11 is 0. The van der Waals surface area contributed by atoms with Crippen LogP contribution >= 0.6 is 0 Å². The summed E-state index contributed by atoms with van der Waals surface area (Å²) in [7, 11) is 0. The van der Waals surface area contributed by atoms with E-state index in [9.17, 15) is 9.59 Å². The van der Waals surface area contributed by atoms with Gasteiger partial charge in [-0.1, -0.05) is 19.1 Å². The lowest BCUT2D eigenvalue weighted by molar-refractivity contribution is -0.137. The number of benzene rings is 1. The van der Waals surface area contributed by atoms with E-state index in [0.717, 1.165) is 6.42 Å². The summed E-state index contributed by atoms with van der Waals surface area (Å²) in [6.07, 6.45) is 2.25. The average Bonchev–Trinajstić information content (AvgIpc) is 2.59. The van der Waals surface area contributed by atoms with Gasteiger partial charge in [-0.15, -0.1) is 0 Å². The molecule has 1 aliphatic rings. The van der Waals surface area contributed by atoms with Crippen LogP contribution in [0.3, 0.4) is 0 Å². The lowest BCUT2D eigenvalue weighted by Gasteiger charge is -2.30. The summed E-state index contributed by atoms with van der Waals surface area (Å²) in [4.78, 5) is 25.3. The van der Waals surface area contributed by atoms with E-state index in [2.05, 4.69) is 12.3 Å². The van der Waals surface area contributed by atoms with Crippen molar-refractivity contribution in [1.29, 1.82) is 0 Å². The second kappa shape index (κ2) is 7.79. The van der Waals surface area contributed by atoms with Gasteiger partial charge in [-0.2, -0.15) is 0 Å². The van der Waals surface area contributed by atoms with Crippen LogP contribution in [0.2, 0.25) is 0 Å². The minimum absolute atomic E-state index is 0.0270. The number of ether oxygens (including phenoxy) is 1. The predicted molar refractivity (Wildman–Crippen MR) is 82.9 cm³/mol. The first-order valence-corrected chi connectivity index (χ1v) is 7.64. The van der Waals surface area contributed by atoms with Crippen LogP contribution < -0.4 is 16.0 Å². The number of hydrogen-bond donors (Lipinski definition) is 2. The lowest BCUT2D eigenvalue weighted by atomic mass is 9.96. The number of nitrogens with zero attached hydrogens (tertiary/aromatic N) is 1. The molecule has 22 heavy (non-hydrogen) atoms. The standard InChI is InChI=1S/C16H23N3O3/c1-2-12-3-5-14(6-4-12)22-11-15(20)19-9-7-13(8-10-19)16(21)18-17/h3-6,13H,2,7-11,17H2,1H3,(H,18,21). The fourth-order valence-electron chi connectivity index (χ4n) is 2.57. The van der Waals surface area contributed by atoms with Crippen LogP contribution in [0.25, 0.3) is 0 Å². The maximum atomic E-state index is 12.1. The molecule has 2 amide bonds. The second-order valence-electron chi connectivity index (χ2n) is 5.45. The normalized spacial score (nSPS) is 15.5. The Balaban J connectivity index is 1.77. The number of nitrogens with one attached hydrogen (secondary N) is 1. The molecule has 0 unspecified atom stereocenters. The van der Waals surface area contributed by atoms with Crippen LogP contribution in [0.5, 0.6) is 5.75 Å². The van der Waals surface area contributed by atoms with Gasteiger partial charge < -0.3 is 9.64 Å². The molecule has 0 saturated carbocycles. The zero-order valence-electron chi connectivity index (χ0n) is 12.9. The minimum atomic E-state index is -0.153. The van der Waals surface area contributed by atoms with Crippen molar-refractivity contribution in [2.45, 2.75) is 26.2 Å². The molecule has 6 nitrogen and oxygen atoms in total. The zero-order chi connectivity index (χ0) is 15.9. The third-order valence-corrected chi connectivity index (χ3v) is 4.05. The molecule has 6 heteroatoms. The van der Waals surface area contributed by atoms with Crippen molar-refractivity contribution in [3.8, 4) is 5.75 Å².